The standard InChI is InChI=1S/C17H17BrN2O3/c18-13-2-4-14(5-3-13)19-8-7-17(21)20-10-12-1-6-15-16(9-12)23-11-22-15/h1-6,9,19H,7-8,10-11H2,(H,20,21). The van der Waals surface area contributed by atoms with Gasteiger partial charge in [-0.3, -0.25) is 4.79 Å². The molecule has 0 aliphatic carbocycles. The number of carbonyl (C=O) groups excluding carboxylic acids is 1. The fraction of sp³-hybridized carbons (Fsp3) is 0.235. The molecule has 0 radical (unpaired) electrons. The summed E-state index contributed by atoms with van der Waals surface area (Å²) in [7, 11) is 0. The molecule has 3 rings (SSSR count). The monoisotopic (exact) mass is 376 g/mol. The van der Waals surface area contributed by atoms with Gasteiger partial charge in [-0.15, -0.1) is 0 Å². The number of hydrogen-bond acceptors (Lipinski definition) is 4. The Hall–Kier alpha value is -2.21. The summed E-state index contributed by atoms with van der Waals surface area (Å²) in [6.45, 7) is 1.33. The Morgan fingerprint density at radius 1 is 1.09 bits per heavy atom. The van der Waals surface area contributed by atoms with Crippen molar-refractivity contribution in [3.8, 4) is 11.5 Å². The molecule has 120 valence electrons. The summed E-state index contributed by atoms with van der Waals surface area (Å²) >= 11 is 3.39. The van der Waals surface area contributed by atoms with E-state index in [-0.39, 0.29) is 12.7 Å². The van der Waals surface area contributed by atoms with E-state index in [1.165, 1.54) is 0 Å². The molecular formula is C17H17BrN2O3. The molecule has 23 heavy (non-hydrogen) atoms. The van der Waals surface area contributed by atoms with E-state index < -0.39 is 0 Å². The van der Waals surface area contributed by atoms with Crippen molar-refractivity contribution < 1.29 is 14.3 Å². The lowest BCUT2D eigenvalue weighted by Gasteiger charge is -2.08. The molecule has 0 atom stereocenters. The number of anilines is 1. The van der Waals surface area contributed by atoms with Crippen molar-refractivity contribution in [1.82, 2.24) is 5.32 Å². The van der Waals surface area contributed by atoms with Crippen molar-refractivity contribution in [3.63, 3.8) is 0 Å². The minimum atomic E-state index is 0.00674. The van der Waals surface area contributed by atoms with E-state index in [0.29, 0.717) is 19.5 Å². The van der Waals surface area contributed by atoms with E-state index in [1.54, 1.807) is 0 Å². The predicted octanol–water partition coefficient (Wildman–Crippen LogP) is 3.30. The Kier molecular flexibility index (Phi) is 5.02. The summed E-state index contributed by atoms with van der Waals surface area (Å²) < 4.78 is 11.6. The first-order valence-corrected chi connectivity index (χ1v) is 8.15. The molecule has 2 N–H and O–H groups in total. The molecule has 5 nitrogen and oxygen atoms in total. The number of nitrogens with one attached hydrogen (secondary N) is 2. The zero-order chi connectivity index (χ0) is 16.1. The van der Waals surface area contributed by atoms with Gasteiger partial charge in [0.25, 0.3) is 0 Å². The van der Waals surface area contributed by atoms with Gasteiger partial charge >= 0.3 is 0 Å². The van der Waals surface area contributed by atoms with Gasteiger partial charge in [0, 0.05) is 29.7 Å². The van der Waals surface area contributed by atoms with Gasteiger partial charge < -0.3 is 20.1 Å². The second-order valence-corrected chi connectivity index (χ2v) is 6.06. The van der Waals surface area contributed by atoms with E-state index in [9.17, 15) is 4.79 Å². The van der Waals surface area contributed by atoms with Crippen molar-refractivity contribution in [1.29, 1.82) is 0 Å². The van der Waals surface area contributed by atoms with Crippen molar-refractivity contribution >= 4 is 27.5 Å². The number of benzene rings is 2. The normalized spacial score (nSPS) is 12.0. The molecule has 2 aromatic rings. The quantitative estimate of drug-likeness (QED) is 0.811. The van der Waals surface area contributed by atoms with Gasteiger partial charge in [-0.05, 0) is 42.0 Å². The molecule has 0 bridgehead atoms. The van der Waals surface area contributed by atoms with Gasteiger partial charge in [0.05, 0.1) is 0 Å². The lowest BCUT2D eigenvalue weighted by Crippen LogP contribution is -2.24. The third-order valence-corrected chi connectivity index (χ3v) is 3.98. The van der Waals surface area contributed by atoms with Crippen molar-refractivity contribution in [3.05, 3.63) is 52.5 Å². The molecule has 0 unspecified atom stereocenters. The Bertz CT molecular complexity index is 689. The molecule has 1 heterocycles. The largest absolute Gasteiger partial charge is 0.454 e. The number of halogens is 1. The van der Waals surface area contributed by atoms with Gasteiger partial charge in [0.15, 0.2) is 11.5 Å². The molecule has 0 spiro atoms. The SMILES string of the molecule is O=C(CCNc1ccc(Br)cc1)NCc1ccc2c(c1)OCO2. The summed E-state index contributed by atoms with van der Waals surface area (Å²) in [4.78, 5) is 11.9. The average molecular weight is 377 g/mol. The predicted molar refractivity (Wildman–Crippen MR) is 91.7 cm³/mol. The zero-order valence-corrected chi connectivity index (χ0v) is 14.1. The Labute approximate surface area is 143 Å². The number of carbonyl (C=O) groups is 1. The Morgan fingerprint density at radius 2 is 1.87 bits per heavy atom. The highest BCUT2D eigenvalue weighted by molar-refractivity contribution is 9.10. The van der Waals surface area contributed by atoms with E-state index >= 15 is 0 Å². The topological polar surface area (TPSA) is 59.6 Å². The van der Waals surface area contributed by atoms with E-state index in [1.807, 2.05) is 42.5 Å². The highest BCUT2D eigenvalue weighted by Crippen LogP contribution is 2.32. The van der Waals surface area contributed by atoms with E-state index in [2.05, 4.69) is 26.6 Å². The van der Waals surface area contributed by atoms with Crippen LogP contribution in [0.3, 0.4) is 0 Å². The summed E-state index contributed by atoms with van der Waals surface area (Å²) in [5, 5.41) is 6.12. The molecule has 0 aromatic heterocycles. The zero-order valence-electron chi connectivity index (χ0n) is 12.5. The number of amides is 1. The van der Waals surface area contributed by atoms with Crippen LogP contribution < -0.4 is 20.1 Å². The second-order valence-electron chi connectivity index (χ2n) is 5.15. The maximum Gasteiger partial charge on any atom is 0.231 e. The van der Waals surface area contributed by atoms with Crippen LogP contribution in [0.15, 0.2) is 46.9 Å². The maximum atomic E-state index is 11.9. The number of ether oxygens (including phenoxy) is 2. The van der Waals surface area contributed by atoms with Crippen LogP contribution >= 0.6 is 15.9 Å². The lowest BCUT2D eigenvalue weighted by atomic mass is 10.2. The molecule has 0 saturated carbocycles. The lowest BCUT2D eigenvalue weighted by molar-refractivity contribution is -0.121. The van der Waals surface area contributed by atoms with Crippen LogP contribution in [0.1, 0.15) is 12.0 Å². The third kappa shape index (κ3) is 4.39. The Balaban J connectivity index is 1.40. The van der Waals surface area contributed by atoms with Crippen molar-refractivity contribution in [2.45, 2.75) is 13.0 Å². The average Bonchev–Trinajstić information content (AvgIpc) is 3.02. The molecule has 0 saturated heterocycles. The summed E-state index contributed by atoms with van der Waals surface area (Å²) in [5.74, 6) is 1.49. The highest BCUT2D eigenvalue weighted by Gasteiger charge is 2.13. The molecule has 1 amide bonds. The molecule has 2 aromatic carbocycles. The van der Waals surface area contributed by atoms with E-state index in [4.69, 9.17) is 9.47 Å². The number of fused-ring (bicyclic) bond motifs is 1. The Morgan fingerprint density at radius 3 is 2.70 bits per heavy atom. The molecule has 1 aliphatic heterocycles. The van der Waals surface area contributed by atoms with Crippen molar-refractivity contribution in [2.75, 3.05) is 18.7 Å². The van der Waals surface area contributed by atoms with Crippen LogP contribution in [0.2, 0.25) is 0 Å². The van der Waals surface area contributed by atoms with Gasteiger partial charge in [-0.2, -0.15) is 0 Å². The molecule has 0 fully saturated rings. The first kappa shape index (κ1) is 15.7. The number of hydrogen-bond donors (Lipinski definition) is 2. The van der Waals surface area contributed by atoms with Crippen LogP contribution in [0, 0.1) is 0 Å². The summed E-state index contributed by atoms with van der Waals surface area (Å²) in [6, 6.07) is 13.5. The van der Waals surface area contributed by atoms with Gasteiger partial charge in [0.2, 0.25) is 12.7 Å². The van der Waals surface area contributed by atoms with Crippen LogP contribution in [-0.4, -0.2) is 19.2 Å². The fourth-order valence-electron chi connectivity index (χ4n) is 2.23. The molecule has 1 aliphatic rings. The van der Waals surface area contributed by atoms with Gasteiger partial charge in [-0.1, -0.05) is 22.0 Å². The second kappa shape index (κ2) is 7.37. The van der Waals surface area contributed by atoms with Crippen LogP contribution in [0.5, 0.6) is 11.5 Å². The van der Waals surface area contributed by atoms with Crippen molar-refractivity contribution in [2.24, 2.45) is 0 Å². The van der Waals surface area contributed by atoms with Gasteiger partial charge in [0.1, 0.15) is 0 Å². The number of rotatable bonds is 6. The van der Waals surface area contributed by atoms with Gasteiger partial charge in [-0.25, -0.2) is 0 Å². The third-order valence-electron chi connectivity index (χ3n) is 3.45. The van der Waals surface area contributed by atoms with Crippen LogP contribution in [0.4, 0.5) is 5.69 Å². The highest BCUT2D eigenvalue weighted by atomic mass is 79.9. The molecular weight excluding hydrogens is 360 g/mol. The first-order valence-electron chi connectivity index (χ1n) is 7.35. The summed E-state index contributed by atoms with van der Waals surface area (Å²) in [5.41, 5.74) is 1.99. The smallest absolute Gasteiger partial charge is 0.231 e. The summed E-state index contributed by atoms with van der Waals surface area (Å²) in [6.07, 6.45) is 0.417. The van der Waals surface area contributed by atoms with Crippen LogP contribution in [0.25, 0.3) is 0 Å². The van der Waals surface area contributed by atoms with Crippen LogP contribution in [-0.2, 0) is 11.3 Å². The molecule has 6 heteroatoms. The minimum absolute atomic E-state index is 0.00674. The first-order chi connectivity index (χ1) is 11.2. The minimum Gasteiger partial charge on any atom is -0.454 e. The maximum absolute atomic E-state index is 11.9. The van der Waals surface area contributed by atoms with E-state index in [0.717, 1.165) is 27.2 Å². The fourth-order valence-corrected chi connectivity index (χ4v) is 2.49.